The van der Waals surface area contributed by atoms with Crippen LogP contribution in [0, 0.1) is 11.8 Å². The molecule has 2 aliphatic heterocycles. The summed E-state index contributed by atoms with van der Waals surface area (Å²) in [5.41, 5.74) is 5.85. The summed E-state index contributed by atoms with van der Waals surface area (Å²) < 4.78 is 5.38. The predicted octanol–water partition coefficient (Wildman–Crippen LogP) is 3.81. The molecule has 5 amide bonds. The first-order chi connectivity index (χ1) is 21.9. The van der Waals surface area contributed by atoms with Crippen LogP contribution in [0.3, 0.4) is 0 Å². The Morgan fingerprint density at radius 1 is 0.978 bits per heavy atom. The fraction of sp³-hybridized carbons (Fsp3) is 0.629. The molecule has 2 saturated heterocycles. The van der Waals surface area contributed by atoms with Gasteiger partial charge in [-0.3, -0.25) is 19.2 Å². The van der Waals surface area contributed by atoms with E-state index in [2.05, 4.69) is 22.8 Å². The highest BCUT2D eigenvalue weighted by Crippen LogP contribution is 2.42. The molecular weight excluding hydrogens is 586 g/mol. The SMILES string of the molecule is CC(C)(C)OC(=O)NC(CCCCC/C=C\[C@@H]1C[C@@H]1C(=O)N1CCC[C@H]1C(=O)NCc1ccccc1)C(=O)N1CCC[C@H]1C(N)=O. The first-order valence-electron chi connectivity index (χ1n) is 16.8. The van der Waals surface area contributed by atoms with Crippen LogP contribution in [0.5, 0.6) is 0 Å². The average Bonchev–Trinajstić information content (AvgIpc) is 3.37. The van der Waals surface area contributed by atoms with Gasteiger partial charge in [0.25, 0.3) is 0 Å². The van der Waals surface area contributed by atoms with Gasteiger partial charge in [0, 0.05) is 25.6 Å². The average molecular weight is 638 g/mol. The third-order valence-corrected chi connectivity index (χ3v) is 8.91. The van der Waals surface area contributed by atoms with Crippen LogP contribution in [0.2, 0.25) is 0 Å². The van der Waals surface area contributed by atoms with Gasteiger partial charge in [0.05, 0.1) is 0 Å². The number of hydrogen-bond acceptors (Lipinski definition) is 6. The fourth-order valence-electron chi connectivity index (χ4n) is 6.42. The highest BCUT2D eigenvalue weighted by molar-refractivity contribution is 5.91. The number of unbranched alkanes of at least 4 members (excludes halogenated alkanes) is 3. The molecule has 4 N–H and O–H groups in total. The van der Waals surface area contributed by atoms with Crippen molar-refractivity contribution in [1.82, 2.24) is 20.4 Å². The van der Waals surface area contributed by atoms with E-state index in [4.69, 9.17) is 10.5 Å². The lowest BCUT2D eigenvalue weighted by Crippen LogP contribution is -2.53. The van der Waals surface area contributed by atoms with Crippen molar-refractivity contribution in [3.8, 4) is 0 Å². The summed E-state index contributed by atoms with van der Waals surface area (Å²) in [6, 6.07) is 7.93. The van der Waals surface area contributed by atoms with E-state index >= 15 is 0 Å². The molecule has 5 atom stereocenters. The maximum absolute atomic E-state index is 13.3. The Balaban J connectivity index is 1.18. The van der Waals surface area contributed by atoms with Crippen LogP contribution in [0.25, 0.3) is 0 Å². The number of likely N-dealkylation sites (tertiary alicyclic amines) is 2. The Labute approximate surface area is 272 Å². The monoisotopic (exact) mass is 637 g/mol. The number of nitrogens with one attached hydrogen (secondary N) is 2. The summed E-state index contributed by atoms with van der Waals surface area (Å²) >= 11 is 0. The van der Waals surface area contributed by atoms with Gasteiger partial charge < -0.3 is 30.9 Å². The molecular formula is C35H51N5O6. The summed E-state index contributed by atoms with van der Waals surface area (Å²) in [7, 11) is 0. The quantitative estimate of drug-likeness (QED) is 0.209. The molecule has 1 aromatic carbocycles. The van der Waals surface area contributed by atoms with Crippen molar-refractivity contribution >= 4 is 29.7 Å². The molecule has 1 unspecified atom stereocenters. The Morgan fingerprint density at radius 3 is 2.37 bits per heavy atom. The molecule has 0 bridgehead atoms. The smallest absolute Gasteiger partial charge is 0.408 e. The largest absolute Gasteiger partial charge is 0.444 e. The number of benzene rings is 1. The van der Waals surface area contributed by atoms with Crippen molar-refractivity contribution in [3.63, 3.8) is 0 Å². The molecule has 11 heteroatoms. The lowest BCUT2D eigenvalue weighted by Gasteiger charge is -2.28. The fourth-order valence-corrected chi connectivity index (χ4v) is 6.42. The summed E-state index contributed by atoms with van der Waals surface area (Å²) in [5, 5.41) is 5.71. The lowest BCUT2D eigenvalue weighted by atomic mass is 10.0. The maximum atomic E-state index is 13.3. The van der Waals surface area contributed by atoms with Crippen molar-refractivity contribution in [2.45, 2.75) is 115 Å². The van der Waals surface area contributed by atoms with Crippen LogP contribution in [-0.4, -0.2) is 76.3 Å². The number of primary amides is 1. The second-order valence-corrected chi connectivity index (χ2v) is 13.8. The van der Waals surface area contributed by atoms with Crippen LogP contribution in [0.1, 0.15) is 90.5 Å². The van der Waals surface area contributed by atoms with E-state index in [1.807, 2.05) is 30.3 Å². The Bertz CT molecular complexity index is 1260. The van der Waals surface area contributed by atoms with Gasteiger partial charge in [-0.1, -0.05) is 55.3 Å². The molecule has 4 rings (SSSR count). The molecule has 46 heavy (non-hydrogen) atoms. The lowest BCUT2D eigenvalue weighted by molar-refractivity contribution is -0.139. The van der Waals surface area contributed by atoms with Gasteiger partial charge in [-0.25, -0.2) is 4.79 Å². The van der Waals surface area contributed by atoms with Crippen molar-refractivity contribution in [3.05, 3.63) is 48.0 Å². The number of alkyl carbamates (subject to hydrolysis) is 1. The summed E-state index contributed by atoms with van der Waals surface area (Å²) in [6.45, 7) is 6.80. The number of rotatable bonds is 14. The van der Waals surface area contributed by atoms with E-state index in [9.17, 15) is 24.0 Å². The Kier molecular flexibility index (Phi) is 12.2. The van der Waals surface area contributed by atoms with Gasteiger partial charge in [0.1, 0.15) is 23.7 Å². The molecule has 1 saturated carbocycles. The molecule has 0 aromatic heterocycles. The first-order valence-corrected chi connectivity index (χ1v) is 16.8. The van der Waals surface area contributed by atoms with Gasteiger partial charge >= 0.3 is 6.09 Å². The third kappa shape index (κ3) is 10.1. The zero-order valence-electron chi connectivity index (χ0n) is 27.5. The molecule has 2 heterocycles. The number of amides is 5. The van der Waals surface area contributed by atoms with E-state index in [0.717, 1.165) is 37.7 Å². The molecule has 0 spiro atoms. The van der Waals surface area contributed by atoms with Crippen LogP contribution in [0.4, 0.5) is 4.79 Å². The second kappa shape index (κ2) is 16.1. The zero-order valence-corrected chi connectivity index (χ0v) is 27.5. The van der Waals surface area contributed by atoms with Crippen LogP contribution in [0.15, 0.2) is 42.5 Å². The number of allylic oxidation sites excluding steroid dienone is 2. The van der Waals surface area contributed by atoms with Crippen LogP contribution < -0.4 is 16.4 Å². The minimum Gasteiger partial charge on any atom is -0.444 e. The van der Waals surface area contributed by atoms with Gasteiger partial charge in [-0.05, 0) is 83.6 Å². The van der Waals surface area contributed by atoms with E-state index < -0.39 is 35.7 Å². The predicted molar refractivity (Wildman–Crippen MR) is 174 cm³/mol. The van der Waals surface area contributed by atoms with E-state index in [1.54, 1.807) is 25.7 Å². The van der Waals surface area contributed by atoms with Gasteiger partial charge in [-0.2, -0.15) is 0 Å². The van der Waals surface area contributed by atoms with Gasteiger partial charge in [0.2, 0.25) is 23.6 Å². The van der Waals surface area contributed by atoms with Crippen molar-refractivity contribution in [1.29, 1.82) is 0 Å². The normalized spacial score (nSPS) is 23.3. The number of ether oxygens (including phenoxy) is 1. The topological polar surface area (TPSA) is 151 Å². The highest BCUT2D eigenvalue weighted by atomic mass is 16.6. The zero-order chi connectivity index (χ0) is 33.3. The number of hydrogen-bond donors (Lipinski definition) is 3. The van der Waals surface area contributed by atoms with Crippen LogP contribution >= 0.6 is 0 Å². The summed E-state index contributed by atoms with van der Waals surface area (Å²) in [6.07, 6.45) is 10.9. The summed E-state index contributed by atoms with van der Waals surface area (Å²) in [5.74, 6) is -0.681. The minimum absolute atomic E-state index is 0.0562. The van der Waals surface area contributed by atoms with E-state index in [1.165, 1.54) is 4.90 Å². The first kappa shape index (κ1) is 35.0. The second-order valence-electron chi connectivity index (χ2n) is 13.8. The van der Waals surface area contributed by atoms with Crippen molar-refractivity contribution in [2.24, 2.45) is 17.6 Å². The highest BCUT2D eigenvalue weighted by Gasteiger charge is 2.46. The number of carbonyl (C=O) groups is 5. The number of carbonyl (C=O) groups excluding carboxylic acids is 5. The molecule has 1 aliphatic carbocycles. The van der Waals surface area contributed by atoms with E-state index in [0.29, 0.717) is 51.7 Å². The Hall–Kier alpha value is -3.89. The minimum atomic E-state index is -0.793. The standard InChI is InChI=1S/C35H51N5O6/c1-35(2,3)46-34(45)38-27(33(44)39-20-12-18-28(39)30(36)41)17-11-6-4-5-10-16-25-22-26(25)32(43)40-21-13-19-29(40)31(42)37-23-24-14-8-7-9-15-24/h7-10,14-16,25-29H,4-6,11-13,17-23H2,1-3H3,(H2,36,41)(H,37,42)(H,38,45)/b16-10-/t25-,26+,27?,28+,29+/m1/s1. The molecule has 252 valence electrons. The molecule has 11 nitrogen and oxygen atoms in total. The van der Waals surface area contributed by atoms with E-state index in [-0.39, 0.29) is 29.6 Å². The molecule has 3 aliphatic rings. The van der Waals surface area contributed by atoms with Gasteiger partial charge in [-0.15, -0.1) is 0 Å². The third-order valence-electron chi connectivity index (χ3n) is 8.91. The molecule has 0 radical (unpaired) electrons. The van der Waals surface area contributed by atoms with Gasteiger partial charge in [0.15, 0.2) is 0 Å². The summed E-state index contributed by atoms with van der Waals surface area (Å²) in [4.78, 5) is 67.0. The number of nitrogens with zero attached hydrogens (tertiary/aromatic N) is 2. The number of nitrogens with two attached hydrogens (primary N) is 1. The van der Waals surface area contributed by atoms with Crippen molar-refractivity contribution < 1.29 is 28.7 Å². The van der Waals surface area contributed by atoms with Crippen LogP contribution in [-0.2, 0) is 30.5 Å². The van der Waals surface area contributed by atoms with Crippen molar-refractivity contribution in [2.75, 3.05) is 13.1 Å². The molecule has 3 fully saturated rings. The maximum Gasteiger partial charge on any atom is 0.408 e. The molecule has 1 aromatic rings. The Morgan fingerprint density at radius 2 is 1.67 bits per heavy atom.